The minimum Gasteiger partial charge on any atom is -0.368 e. The number of rotatable bonds is 2. The number of nitrogens with zero attached hydrogens (tertiary/aromatic N) is 4. The van der Waals surface area contributed by atoms with E-state index in [1.54, 1.807) is 11.3 Å². The van der Waals surface area contributed by atoms with Gasteiger partial charge < -0.3 is 9.80 Å². The average Bonchev–Trinajstić information content (AvgIpc) is 3.22. The van der Waals surface area contributed by atoms with Gasteiger partial charge in [-0.3, -0.25) is 0 Å². The lowest BCUT2D eigenvalue weighted by Gasteiger charge is -2.37. The molecule has 0 spiro atoms. The van der Waals surface area contributed by atoms with Crippen LogP contribution in [0.4, 0.5) is 15.9 Å². The second-order valence-corrected chi connectivity index (χ2v) is 8.23. The van der Waals surface area contributed by atoms with Crippen molar-refractivity contribution >= 4 is 44.7 Å². The van der Waals surface area contributed by atoms with Crippen LogP contribution in [0.2, 0.25) is 5.28 Å². The van der Waals surface area contributed by atoms with Crippen LogP contribution in [0.3, 0.4) is 0 Å². The highest BCUT2D eigenvalue weighted by molar-refractivity contribution is 7.19. The Balaban J connectivity index is 1.44. The van der Waals surface area contributed by atoms with Gasteiger partial charge in [0.1, 0.15) is 16.5 Å². The third-order valence-electron chi connectivity index (χ3n) is 5.29. The highest BCUT2D eigenvalue weighted by Crippen LogP contribution is 2.41. The van der Waals surface area contributed by atoms with Gasteiger partial charge in [0.15, 0.2) is 0 Å². The Kier molecular flexibility index (Phi) is 3.98. The molecule has 1 aliphatic carbocycles. The number of halogens is 2. The molecule has 2 aromatic heterocycles. The van der Waals surface area contributed by atoms with Crippen molar-refractivity contribution in [3.05, 3.63) is 45.8 Å². The Morgan fingerprint density at radius 1 is 0.962 bits per heavy atom. The van der Waals surface area contributed by atoms with Gasteiger partial charge in [0.25, 0.3) is 0 Å². The number of fused-ring (bicyclic) bond motifs is 3. The topological polar surface area (TPSA) is 32.3 Å². The molecule has 0 atom stereocenters. The first kappa shape index (κ1) is 16.3. The van der Waals surface area contributed by atoms with Crippen LogP contribution < -0.4 is 9.80 Å². The van der Waals surface area contributed by atoms with Crippen molar-refractivity contribution in [2.24, 2.45) is 0 Å². The number of piperazine rings is 1. The monoisotopic (exact) mass is 388 g/mol. The number of benzene rings is 1. The largest absolute Gasteiger partial charge is 0.368 e. The molecule has 3 heterocycles. The molecule has 0 amide bonds. The molecule has 1 fully saturated rings. The second kappa shape index (κ2) is 6.35. The molecule has 1 saturated heterocycles. The summed E-state index contributed by atoms with van der Waals surface area (Å²) >= 11 is 7.99. The van der Waals surface area contributed by atoms with Crippen molar-refractivity contribution in [3.8, 4) is 0 Å². The molecule has 3 aromatic rings. The van der Waals surface area contributed by atoms with E-state index in [9.17, 15) is 4.39 Å². The summed E-state index contributed by atoms with van der Waals surface area (Å²) in [6.07, 6.45) is 3.48. The quantitative estimate of drug-likeness (QED) is 0.613. The molecular weight excluding hydrogens is 371 g/mol. The van der Waals surface area contributed by atoms with Crippen LogP contribution in [-0.4, -0.2) is 36.1 Å². The van der Waals surface area contributed by atoms with E-state index in [1.807, 2.05) is 12.1 Å². The number of hydrogen-bond donors (Lipinski definition) is 0. The molecular formula is C19H18ClFN4S. The van der Waals surface area contributed by atoms with E-state index in [4.69, 9.17) is 11.6 Å². The Morgan fingerprint density at radius 3 is 2.46 bits per heavy atom. The van der Waals surface area contributed by atoms with Gasteiger partial charge in [-0.05, 0) is 60.7 Å². The molecule has 4 nitrogen and oxygen atoms in total. The first-order valence-corrected chi connectivity index (χ1v) is 10.1. The summed E-state index contributed by atoms with van der Waals surface area (Å²) < 4.78 is 13.1. The van der Waals surface area contributed by atoms with Crippen molar-refractivity contribution < 1.29 is 4.39 Å². The Bertz CT molecular complexity index is 964. The summed E-state index contributed by atoms with van der Waals surface area (Å²) in [7, 11) is 0. The molecule has 0 unspecified atom stereocenters. The zero-order chi connectivity index (χ0) is 17.7. The fourth-order valence-electron chi connectivity index (χ4n) is 4.01. The fraction of sp³-hybridized carbons (Fsp3) is 0.368. The Labute approximate surface area is 160 Å². The normalized spacial score (nSPS) is 17.2. The number of aromatic nitrogens is 2. The fourth-order valence-corrected chi connectivity index (χ4v) is 5.48. The molecule has 5 rings (SSSR count). The van der Waals surface area contributed by atoms with Crippen molar-refractivity contribution in [1.29, 1.82) is 0 Å². The van der Waals surface area contributed by atoms with Crippen molar-refractivity contribution in [1.82, 2.24) is 9.97 Å². The maximum Gasteiger partial charge on any atom is 0.225 e. The summed E-state index contributed by atoms with van der Waals surface area (Å²) in [5.74, 6) is 0.787. The standard InChI is InChI=1S/C19H18ClFN4S/c20-19-22-17(16-14-2-1-3-15(14)26-18(16)23-19)25-10-8-24(9-11-25)13-6-4-12(21)5-7-13/h4-7H,1-3,8-11H2. The van der Waals surface area contributed by atoms with E-state index in [0.29, 0.717) is 5.28 Å². The molecule has 1 aliphatic heterocycles. The van der Waals surface area contributed by atoms with E-state index in [1.165, 1.54) is 34.4 Å². The van der Waals surface area contributed by atoms with E-state index in [0.717, 1.165) is 55.4 Å². The minimum atomic E-state index is -0.197. The molecule has 0 radical (unpaired) electrons. The van der Waals surface area contributed by atoms with E-state index in [-0.39, 0.29) is 5.82 Å². The molecule has 0 bridgehead atoms. The van der Waals surface area contributed by atoms with E-state index in [2.05, 4.69) is 19.8 Å². The van der Waals surface area contributed by atoms with Crippen LogP contribution in [-0.2, 0) is 12.8 Å². The molecule has 0 N–H and O–H groups in total. The van der Waals surface area contributed by atoms with Crippen LogP contribution in [0.5, 0.6) is 0 Å². The Hall–Kier alpha value is -1.92. The van der Waals surface area contributed by atoms with Crippen LogP contribution in [0.1, 0.15) is 16.9 Å². The lowest BCUT2D eigenvalue weighted by atomic mass is 10.1. The zero-order valence-electron chi connectivity index (χ0n) is 14.2. The van der Waals surface area contributed by atoms with E-state index >= 15 is 0 Å². The summed E-state index contributed by atoms with van der Waals surface area (Å²) in [5, 5.41) is 1.54. The van der Waals surface area contributed by atoms with Gasteiger partial charge in [-0.25, -0.2) is 9.37 Å². The highest BCUT2D eigenvalue weighted by Gasteiger charge is 2.26. The third-order valence-corrected chi connectivity index (χ3v) is 6.64. The van der Waals surface area contributed by atoms with Crippen LogP contribution in [0.15, 0.2) is 24.3 Å². The number of hydrogen-bond acceptors (Lipinski definition) is 5. The number of anilines is 2. The van der Waals surface area contributed by atoms with Gasteiger partial charge in [0.05, 0.1) is 5.39 Å². The molecule has 26 heavy (non-hydrogen) atoms. The van der Waals surface area contributed by atoms with Gasteiger partial charge in [0, 0.05) is 36.7 Å². The SMILES string of the molecule is Fc1ccc(N2CCN(c3nc(Cl)nc4sc5c(c34)CCC5)CC2)cc1. The van der Waals surface area contributed by atoms with E-state index < -0.39 is 0 Å². The highest BCUT2D eigenvalue weighted by atomic mass is 35.5. The third kappa shape index (κ3) is 2.72. The maximum absolute atomic E-state index is 13.1. The van der Waals surface area contributed by atoms with Gasteiger partial charge in [-0.15, -0.1) is 11.3 Å². The predicted molar refractivity (Wildman–Crippen MR) is 105 cm³/mol. The maximum atomic E-state index is 13.1. The Morgan fingerprint density at radius 2 is 1.69 bits per heavy atom. The zero-order valence-corrected chi connectivity index (χ0v) is 15.8. The van der Waals surface area contributed by atoms with Crippen LogP contribution in [0.25, 0.3) is 10.2 Å². The predicted octanol–water partition coefficient (Wildman–Crippen LogP) is 4.30. The lowest BCUT2D eigenvalue weighted by Crippen LogP contribution is -2.47. The van der Waals surface area contributed by atoms with Gasteiger partial charge in [-0.2, -0.15) is 4.98 Å². The summed E-state index contributed by atoms with van der Waals surface area (Å²) in [6.45, 7) is 3.48. The van der Waals surface area contributed by atoms with Crippen molar-refractivity contribution in [2.75, 3.05) is 36.0 Å². The van der Waals surface area contributed by atoms with Crippen LogP contribution in [0, 0.1) is 5.82 Å². The smallest absolute Gasteiger partial charge is 0.225 e. The second-order valence-electron chi connectivity index (χ2n) is 6.80. The van der Waals surface area contributed by atoms with Crippen molar-refractivity contribution in [3.63, 3.8) is 0 Å². The average molecular weight is 389 g/mol. The minimum absolute atomic E-state index is 0.197. The number of thiophene rings is 1. The lowest BCUT2D eigenvalue weighted by molar-refractivity contribution is 0.624. The molecule has 7 heteroatoms. The summed E-state index contributed by atoms with van der Waals surface area (Å²) in [5.41, 5.74) is 2.49. The summed E-state index contributed by atoms with van der Waals surface area (Å²) in [4.78, 5) is 16.1. The summed E-state index contributed by atoms with van der Waals surface area (Å²) in [6, 6.07) is 6.72. The first-order chi connectivity index (χ1) is 12.7. The van der Waals surface area contributed by atoms with Gasteiger partial charge in [0.2, 0.25) is 5.28 Å². The molecule has 134 valence electrons. The number of aryl methyl sites for hydroxylation is 2. The molecule has 2 aliphatic rings. The first-order valence-electron chi connectivity index (χ1n) is 8.92. The van der Waals surface area contributed by atoms with Gasteiger partial charge >= 0.3 is 0 Å². The molecule has 1 aromatic carbocycles. The van der Waals surface area contributed by atoms with Crippen molar-refractivity contribution in [2.45, 2.75) is 19.3 Å². The van der Waals surface area contributed by atoms with Gasteiger partial charge in [-0.1, -0.05) is 0 Å². The van der Waals surface area contributed by atoms with Crippen LogP contribution >= 0.6 is 22.9 Å². The molecule has 0 saturated carbocycles.